The molecule has 0 heterocycles. The first-order valence-electron chi connectivity index (χ1n) is 7.65. The van der Waals surface area contributed by atoms with Gasteiger partial charge in [-0.2, -0.15) is 0 Å². The summed E-state index contributed by atoms with van der Waals surface area (Å²) >= 11 is 0. The average Bonchev–Trinajstić information content (AvgIpc) is 2.48. The first-order valence-corrected chi connectivity index (χ1v) is 7.65. The smallest absolute Gasteiger partial charge is 0.187 e. The van der Waals surface area contributed by atoms with Gasteiger partial charge in [-0.25, -0.2) is 0 Å². The van der Waals surface area contributed by atoms with Gasteiger partial charge in [0.25, 0.3) is 0 Å². The van der Waals surface area contributed by atoms with E-state index in [1.165, 1.54) is 11.6 Å². The zero-order valence-electron chi connectivity index (χ0n) is 14.1. The summed E-state index contributed by atoms with van der Waals surface area (Å²) in [5.74, 6) is 0.182. The van der Waals surface area contributed by atoms with Crippen molar-refractivity contribution in [2.75, 3.05) is 5.32 Å². The number of hydrogen-bond donors (Lipinski definition) is 2. The predicted octanol–water partition coefficient (Wildman–Crippen LogP) is 4.81. The number of hydrogen-bond acceptors (Lipinski definition) is 3. The Balaban J connectivity index is 2.04. The number of allylic oxidation sites excluding steroid dienone is 1. The lowest BCUT2D eigenvalue weighted by atomic mass is 9.86. The molecule has 0 saturated carbocycles. The highest BCUT2D eigenvalue weighted by atomic mass is 16.3. The van der Waals surface area contributed by atoms with Crippen LogP contribution >= 0.6 is 0 Å². The first-order chi connectivity index (χ1) is 10.8. The molecule has 3 heteroatoms. The SMILES string of the molecule is Cc1cc(O)ccc1NC=CC(=O)c1ccc(C(C)(C)C)cc1. The molecule has 2 aromatic rings. The van der Waals surface area contributed by atoms with Gasteiger partial charge in [0, 0.05) is 23.5 Å². The van der Waals surface area contributed by atoms with Crippen molar-refractivity contribution >= 4 is 11.5 Å². The Morgan fingerprint density at radius 3 is 2.30 bits per heavy atom. The number of nitrogens with one attached hydrogen (secondary N) is 1. The zero-order valence-corrected chi connectivity index (χ0v) is 14.1. The molecule has 0 aliphatic carbocycles. The van der Waals surface area contributed by atoms with E-state index >= 15 is 0 Å². The van der Waals surface area contributed by atoms with Gasteiger partial charge < -0.3 is 10.4 Å². The van der Waals surface area contributed by atoms with E-state index in [0.717, 1.165) is 11.3 Å². The minimum absolute atomic E-state index is 0.0469. The normalized spacial score (nSPS) is 11.7. The van der Waals surface area contributed by atoms with E-state index in [9.17, 15) is 9.90 Å². The lowest BCUT2D eigenvalue weighted by Gasteiger charge is -2.18. The third kappa shape index (κ3) is 4.46. The molecule has 0 aliphatic rings. The molecule has 0 bridgehead atoms. The number of phenolic OH excluding ortho intramolecular Hbond substituents is 1. The number of ketones is 1. The minimum Gasteiger partial charge on any atom is -0.508 e. The molecule has 2 aromatic carbocycles. The summed E-state index contributed by atoms with van der Waals surface area (Å²) in [5, 5.41) is 12.4. The van der Waals surface area contributed by atoms with E-state index in [-0.39, 0.29) is 16.9 Å². The Kier molecular flexibility index (Phi) is 4.89. The van der Waals surface area contributed by atoms with Gasteiger partial charge in [0.05, 0.1) is 0 Å². The molecule has 3 nitrogen and oxygen atoms in total. The molecule has 0 atom stereocenters. The van der Waals surface area contributed by atoms with E-state index in [2.05, 4.69) is 26.1 Å². The van der Waals surface area contributed by atoms with Crippen LogP contribution in [0.3, 0.4) is 0 Å². The summed E-state index contributed by atoms with van der Waals surface area (Å²) in [6, 6.07) is 12.8. The molecule has 0 aromatic heterocycles. The van der Waals surface area contributed by atoms with Crippen molar-refractivity contribution in [3.05, 3.63) is 71.4 Å². The van der Waals surface area contributed by atoms with Crippen molar-refractivity contribution in [3.8, 4) is 5.75 Å². The van der Waals surface area contributed by atoms with Crippen molar-refractivity contribution in [1.29, 1.82) is 0 Å². The number of carbonyl (C=O) groups is 1. The topological polar surface area (TPSA) is 49.3 Å². The van der Waals surface area contributed by atoms with Crippen molar-refractivity contribution in [1.82, 2.24) is 0 Å². The number of benzene rings is 2. The Morgan fingerprint density at radius 2 is 1.74 bits per heavy atom. The van der Waals surface area contributed by atoms with Gasteiger partial charge >= 0.3 is 0 Å². The molecule has 2 N–H and O–H groups in total. The number of rotatable bonds is 4. The summed E-state index contributed by atoms with van der Waals surface area (Å²) in [5.41, 5.74) is 3.72. The molecule has 0 aliphatic heterocycles. The highest BCUT2D eigenvalue weighted by molar-refractivity contribution is 6.04. The highest BCUT2D eigenvalue weighted by Gasteiger charge is 2.13. The van der Waals surface area contributed by atoms with Crippen LogP contribution in [-0.2, 0) is 5.41 Å². The molecular formula is C20H23NO2. The summed E-state index contributed by atoms with van der Waals surface area (Å²) in [6.45, 7) is 8.33. The molecule has 23 heavy (non-hydrogen) atoms. The maximum atomic E-state index is 12.2. The van der Waals surface area contributed by atoms with E-state index in [4.69, 9.17) is 0 Å². The van der Waals surface area contributed by atoms with Gasteiger partial charge in [-0.05, 0) is 41.7 Å². The van der Waals surface area contributed by atoms with Crippen LogP contribution in [0.15, 0.2) is 54.7 Å². The maximum absolute atomic E-state index is 12.2. The highest BCUT2D eigenvalue weighted by Crippen LogP contribution is 2.22. The number of aromatic hydroxyl groups is 1. The second-order valence-corrected chi connectivity index (χ2v) is 6.67. The monoisotopic (exact) mass is 309 g/mol. The van der Waals surface area contributed by atoms with E-state index < -0.39 is 0 Å². The zero-order chi connectivity index (χ0) is 17.0. The van der Waals surface area contributed by atoms with Crippen LogP contribution in [0.4, 0.5) is 5.69 Å². The quantitative estimate of drug-likeness (QED) is 0.484. The second-order valence-electron chi connectivity index (χ2n) is 6.67. The summed E-state index contributed by atoms with van der Waals surface area (Å²) in [7, 11) is 0. The van der Waals surface area contributed by atoms with Crippen LogP contribution in [0.25, 0.3) is 0 Å². The van der Waals surface area contributed by atoms with Crippen LogP contribution in [0, 0.1) is 6.92 Å². The molecule has 2 rings (SSSR count). The Hall–Kier alpha value is -2.55. The Morgan fingerprint density at radius 1 is 1.09 bits per heavy atom. The Labute approximate surface area is 137 Å². The van der Waals surface area contributed by atoms with Gasteiger partial charge in [0.2, 0.25) is 0 Å². The molecule has 0 radical (unpaired) electrons. The molecular weight excluding hydrogens is 286 g/mol. The number of aryl methyl sites for hydroxylation is 1. The van der Waals surface area contributed by atoms with Crippen molar-refractivity contribution < 1.29 is 9.90 Å². The molecule has 0 spiro atoms. The predicted molar refractivity (Wildman–Crippen MR) is 95.1 cm³/mol. The van der Waals surface area contributed by atoms with Crippen LogP contribution in [-0.4, -0.2) is 10.9 Å². The fourth-order valence-corrected chi connectivity index (χ4v) is 2.25. The maximum Gasteiger partial charge on any atom is 0.187 e. The lowest BCUT2D eigenvalue weighted by Crippen LogP contribution is -2.11. The van der Waals surface area contributed by atoms with Crippen LogP contribution < -0.4 is 5.32 Å². The number of carbonyl (C=O) groups excluding carboxylic acids is 1. The third-order valence-electron chi connectivity index (χ3n) is 3.72. The van der Waals surface area contributed by atoms with Gasteiger partial charge in [0.1, 0.15) is 5.75 Å². The number of anilines is 1. The van der Waals surface area contributed by atoms with Crippen molar-refractivity contribution in [2.24, 2.45) is 0 Å². The summed E-state index contributed by atoms with van der Waals surface area (Å²) in [6.07, 6.45) is 3.14. The van der Waals surface area contributed by atoms with Crippen LogP contribution in [0.5, 0.6) is 5.75 Å². The fraction of sp³-hybridized carbons (Fsp3) is 0.250. The van der Waals surface area contributed by atoms with E-state index in [1.807, 2.05) is 31.2 Å². The largest absolute Gasteiger partial charge is 0.508 e. The van der Waals surface area contributed by atoms with Gasteiger partial charge in [-0.1, -0.05) is 45.0 Å². The third-order valence-corrected chi connectivity index (χ3v) is 3.72. The van der Waals surface area contributed by atoms with Crippen molar-refractivity contribution in [2.45, 2.75) is 33.1 Å². The van der Waals surface area contributed by atoms with Gasteiger partial charge in [0.15, 0.2) is 5.78 Å². The molecule has 0 fully saturated rings. The molecule has 120 valence electrons. The molecule has 0 amide bonds. The van der Waals surface area contributed by atoms with E-state index in [0.29, 0.717) is 5.56 Å². The van der Waals surface area contributed by atoms with Crippen molar-refractivity contribution in [3.63, 3.8) is 0 Å². The van der Waals surface area contributed by atoms with Gasteiger partial charge in [-0.3, -0.25) is 4.79 Å². The molecule has 0 saturated heterocycles. The summed E-state index contributed by atoms with van der Waals surface area (Å²) in [4.78, 5) is 12.2. The lowest BCUT2D eigenvalue weighted by molar-refractivity contribution is 0.104. The minimum atomic E-state index is -0.0469. The standard InChI is InChI=1S/C20H23NO2/c1-14-13-17(22)9-10-18(14)21-12-11-19(23)15-5-7-16(8-6-15)20(2,3)4/h5-13,21-22H,1-4H3. The molecule has 0 unspecified atom stereocenters. The first kappa shape index (κ1) is 16.8. The van der Waals surface area contributed by atoms with Gasteiger partial charge in [-0.15, -0.1) is 0 Å². The van der Waals surface area contributed by atoms with Crippen LogP contribution in [0.1, 0.15) is 42.3 Å². The number of phenols is 1. The van der Waals surface area contributed by atoms with Crippen LogP contribution in [0.2, 0.25) is 0 Å². The fourth-order valence-electron chi connectivity index (χ4n) is 2.25. The summed E-state index contributed by atoms with van der Waals surface area (Å²) < 4.78 is 0. The second kappa shape index (κ2) is 6.69. The average molecular weight is 309 g/mol. The van der Waals surface area contributed by atoms with E-state index in [1.54, 1.807) is 24.4 Å². The Bertz CT molecular complexity index is 722.